The van der Waals surface area contributed by atoms with E-state index in [1.165, 1.54) is 0 Å². The highest BCUT2D eigenvalue weighted by Gasteiger charge is 2.40. The van der Waals surface area contributed by atoms with Crippen molar-refractivity contribution < 1.29 is 14.5 Å². The second kappa shape index (κ2) is 8.47. The van der Waals surface area contributed by atoms with Gasteiger partial charge in [-0.2, -0.15) is 0 Å². The second-order valence-electron chi connectivity index (χ2n) is 8.12. The van der Waals surface area contributed by atoms with E-state index in [0.717, 1.165) is 24.0 Å². The fourth-order valence-corrected chi connectivity index (χ4v) is 3.65. The lowest BCUT2D eigenvalue weighted by molar-refractivity contribution is -0.511. The van der Waals surface area contributed by atoms with Gasteiger partial charge in [0.15, 0.2) is 0 Å². The molecule has 6 heteroatoms. The van der Waals surface area contributed by atoms with Gasteiger partial charge in [0, 0.05) is 10.5 Å². The van der Waals surface area contributed by atoms with Gasteiger partial charge in [-0.15, -0.1) is 0 Å². The van der Waals surface area contributed by atoms with Gasteiger partial charge in [0.05, 0.1) is 0 Å². The van der Waals surface area contributed by atoms with Crippen LogP contribution in [0, 0.1) is 10.1 Å². The Morgan fingerprint density at radius 2 is 1.76 bits per heavy atom. The Balaban J connectivity index is 2.03. The molecular formula is C23H26N2O4. The average molecular weight is 394 g/mol. The van der Waals surface area contributed by atoms with Crippen molar-refractivity contribution in [3.63, 3.8) is 0 Å². The van der Waals surface area contributed by atoms with Gasteiger partial charge in [-0.05, 0) is 50.3 Å². The summed E-state index contributed by atoms with van der Waals surface area (Å²) in [6.07, 6.45) is 2.81. The van der Waals surface area contributed by atoms with Gasteiger partial charge < -0.3 is 10.1 Å². The van der Waals surface area contributed by atoms with Crippen molar-refractivity contribution >= 4 is 11.7 Å². The first-order chi connectivity index (χ1) is 13.8. The van der Waals surface area contributed by atoms with Gasteiger partial charge in [0.2, 0.25) is 0 Å². The Kier molecular flexibility index (Phi) is 6.01. The van der Waals surface area contributed by atoms with E-state index >= 15 is 0 Å². The lowest BCUT2D eigenvalue weighted by Crippen LogP contribution is -2.43. The van der Waals surface area contributed by atoms with Crippen molar-refractivity contribution in [2.45, 2.75) is 51.3 Å². The van der Waals surface area contributed by atoms with E-state index in [0.29, 0.717) is 11.1 Å². The summed E-state index contributed by atoms with van der Waals surface area (Å²) in [4.78, 5) is 24.5. The molecule has 29 heavy (non-hydrogen) atoms. The molecule has 0 radical (unpaired) electrons. The maximum atomic E-state index is 12.5. The molecular weight excluding hydrogens is 368 g/mol. The third kappa shape index (κ3) is 5.02. The van der Waals surface area contributed by atoms with Gasteiger partial charge in [0.25, 0.3) is 6.04 Å². The van der Waals surface area contributed by atoms with Crippen molar-refractivity contribution in [1.29, 1.82) is 0 Å². The number of ether oxygens (including phenoxy) is 1. The van der Waals surface area contributed by atoms with Crippen LogP contribution in [0.25, 0.3) is 5.57 Å². The van der Waals surface area contributed by atoms with Crippen LogP contribution in [0.2, 0.25) is 0 Å². The molecule has 0 saturated carbocycles. The van der Waals surface area contributed by atoms with Gasteiger partial charge in [0.1, 0.15) is 11.6 Å². The smallest absolute Gasteiger partial charge is 0.408 e. The van der Waals surface area contributed by atoms with Crippen LogP contribution in [0.4, 0.5) is 4.79 Å². The Morgan fingerprint density at radius 1 is 1.10 bits per heavy atom. The molecule has 0 bridgehead atoms. The summed E-state index contributed by atoms with van der Waals surface area (Å²) in [6.45, 7) is 5.28. The minimum absolute atomic E-state index is 0.316. The first-order valence-corrected chi connectivity index (χ1v) is 9.72. The summed E-state index contributed by atoms with van der Waals surface area (Å²) in [5, 5.41) is 15.0. The van der Waals surface area contributed by atoms with Crippen LogP contribution < -0.4 is 5.32 Å². The third-order valence-corrected chi connectivity index (χ3v) is 4.80. The van der Waals surface area contributed by atoms with E-state index in [-0.39, 0.29) is 4.92 Å². The molecule has 0 saturated heterocycles. The number of allylic oxidation sites excluding steroid dienone is 1. The summed E-state index contributed by atoms with van der Waals surface area (Å²) < 4.78 is 5.38. The Labute approximate surface area is 170 Å². The monoisotopic (exact) mass is 394 g/mol. The highest BCUT2D eigenvalue weighted by molar-refractivity contribution is 5.75. The number of nitrogens with one attached hydrogen (secondary N) is 1. The molecule has 1 amide bonds. The van der Waals surface area contributed by atoms with Gasteiger partial charge in [-0.1, -0.05) is 60.7 Å². The summed E-state index contributed by atoms with van der Waals surface area (Å²) in [5.74, 6) is 0. The lowest BCUT2D eigenvalue weighted by atomic mass is 9.83. The second-order valence-corrected chi connectivity index (χ2v) is 8.12. The fourth-order valence-electron chi connectivity index (χ4n) is 3.65. The van der Waals surface area contributed by atoms with E-state index in [1.807, 2.05) is 36.4 Å². The quantitative estimate of drug-likeness (QED) is 0.576. The number of hydrogen-bond acceptors (Lipinski definition) is 4. The predicted octanol–water partition coefficient (Wildman–Crippen LogP) is 4.93. The molecule has 2 aromatic carbocycles. The maximum Gasteiger partial charge on any atom is 0.408 e. The number of alkyl carbamates (subject to hydrolysis) is 1. The molecule has 1 aliphatic rings. The van der Waals surface area contributed by atoms with E-state index in [4.69, 9.17) is 4.74 Å². The molecule has 2 aromatic rings. The minimum atomic E-state index is -1.13. The van der Waals surface area contributed by atoms with Crippen LogP contribution in [0.5, 0.6) is 0 Å². The number of rotatable bonds is 5. The van der Waals surface area contributed by atoms with E-state index in [1.54, 1.807) is 45.0 Å². The Bertz CT molecular complexity index is 916. The molecule has 3 rings (SSSR count). The van der Waals surface area contributed by atoms with Gasteiger partial charge in [-0.25, -0.2) is 4.79 Å². The molecule has 0 aliphatic heterocycles. The standard InChI is InChI=1S/C23H26N2O4/c1-23(2,3)29-22(26)24-20(17-11-5-4-6-12-17)21(25(27)28)19-15-9-13-16-10-7-8-14-18(16)19/h4-8,10-12,14-15,20-21H,9,13H2,1-3H3,(H,24,26)/t20-,21+/m0/s1. The normalized spacial score (nSPS) is 15.5. The third-order valence-electron chi connectivity index (χ3n) is 4.80. The first-order valence-electron chi connectivity index (χ1n) is 9.72. The van der Waals surface area contributed by atoms with E-state index in [9.17, 15) is 14.9 Å². The van der Waals surface area contributed by atoms with Crippen molar-refractivity contribution in [3.05, 3.63) is 87.5 Å². The number of hydrogen-bond donors (Lipinski definition) is 1. The number of benzene rings is 2. The lowest BCUT2D eigenvalue weighted by Gasteiger charge is -2.28. The number of fused-ring (bicyclic) bond motifs is 1. The summed E-state index contributed by atoms with van der Waals surface area (Å²) in [6, 6.07) is 14.8. The molecule has 0 spiro atoms. The zero-order valence-corrected chi connectivity index (χ0v) is 16.9. The number of nitro groups is 1. The SMILES string of the molecule is CC(C)(C)OC(=O)N[C@@H](c1ccccc1)[C@@H](C1=CCCc2ccccc21)[N+](=O)[O-]. The van der Waals surface area contributed by atoms with Crippen molar-refractivity contribution in [3.8, 4) is 0 Å². The highest BCUT2D eigenvalue weighted by atomic mass is 16.6. The van der Waals surface area contributed by atoms with Crippen LogP contribution in [-0.2, 0) is 11.2 Å². The predicted molar refractivity (Wildman–Crippen MR) is 112 cm³/mol. The molecule has 0 fully saturated rings. The molecule has 1 aliphatic carbocycles. The average Bonchev–Trinajstić information content (AvgIpc) is 2.66. The van der Waals surface area contributed by atoms with Gasteiger partial charge in [-0.3, -0.25) is 10.1 Å². The fraction of sp³-hybridized carbons (Fsp3) is 0.348. The molecule has 152 valence electrons. The topological polar surface area (TPSA) is 81.5 Å². The number of carbonyl (C=O) groups excluding carboxylic acids is 1. The molecule has 1 N–H and O–H groups in total. The summed E-state index contributed by atoms with van der Waals surface area (Å²) in [7, 11) is 0. The molecule has 6 nitrogen and oxygen atoms in total. The first kappa shape index (κ1) is 20.6. The molecule has 0 unspecified atom stereocenters. The molecule has 0 heterocycles. The largest absolute Gasteiger partial charge is 0.444 e. The van der Waals surface area contributed by atoms with Crippen molar-refractivity contribution in [2.75, 3.05) is 0 Å². The number of amides is 1. The maximum absolute atomic E-state index is 12.5. The number of nitrogens with zero attached hydrogens (tertiary/aromatic N) is 1. The van der Waals surface area contributed by atoms with Crippen molar-refractivity contribution in [2.24, 2.45) is 0 Å². The van der Waals surface area contributed by atoms with Crippen molar-refractivity contribution in [1.82, 2.24) is 5.32 Å². The zero-order chi connectivity index (χ0) is 21.0. The van der Waals surface area contributed by atoms with Crippen LogP contribution in [-0.4, -0.2) is 22.7 Å². The van der Waals surface area contributed by atoms with E-state index < -0.39 is 23.8 Å². The van der Waals surface area contributed by atoms with Crippen LogP contribution >= 0.6 is 0 Å². The minimum Gasteiger partial charge on any atom is -0.444 e. The van der Waals surface area contributed by atoms with Crippen LogP contribution in [0.3, 0.4) is 0 Å². The summed E-state index contributed by atoms with van der Waals surface area (Å²) in [5.41, 5.74) is 2.53. The summed E-state index contributed by atoms with van der Waals surface area (Å²) >= 11 is 0. The Morgan fingerprint density at radius 3 is 2.41 bits per heavy atom. The number of carbonyl (C=O) groups is 1. The highest BCUT2D eigenvalue weighted by Crippen LogP contribution is 2.35. The zero-order valence-electron chi connectivity index (χ0n) is 16.9. The molecule has 0 aromatic heterocycles. The van der Waals surface area contributed by atoms with Crippen LogP contribution in [0.15, 0.2) is 60.7 Å². The Hall–Kier alpha value is -3.15. The van der Waals surface area contributed by atoms with Gasteiger partial charge >= 0.3 is 6.09 Å². The van der Waals surface area contributed by atoms with Crippen LogP contribution in [0.1, 0.15) is 49.9 Å². The van der Waals surface area contributed by atoms with E-state index in [2.05, 4.69) is 5.32 Å². The molecule has 2 atom stereocenters. The number of aryl methyl sites for hydroxylation is 1.